The lowest BCUT2D eigenvalue weighted by atomic mass is 9.90. The van der Waals surface area contributed by atoms with Crippen LogP contribution in [0.15, 0.2) is 18.2 Å². The molecule has 17 heavy (non-hydrogen) atoms. The molecule has 0 fully saturated rings. The summed E-state index contributed by atoms with van der Waals surface area (Å²) in [5.41, 5.74) is 0.689. The molecule has 1 aliphatic rings. The third kappa shape index (κ3) is 2.26. The number of nitrogens with zero attached hydrogens (tertiary/aromatic N) is 1. The molecule has 0 aliphatic carbocycles. The van der Waals surface area contributed by atoms with E-state index in [1.54, 1.807) is 25.3 Å². The third-order valence-electron chi connectivity index (χ3n) is 2.93. The van der Waals surface area contributed by atoms with E-state index >= 15 is 0 Å². The molecule has 90 valence electrons. The van der Waals surface area contributed by atoms with Gasteiger partial charge in [-0.15, -0.1) is 0 Å². The first-order valence-corrected chi connectivity index (χ1v) is 5.48. The standard InChI is InChI=1S/C13H15NO3/c1-13(8-16-2)6-11(15)10-5-9(7-14)3-4-12(10)17-13/h3-5,11,15H,6,8H2,1-2H3. The summed E-state index contributed by atoms with van der Waals surface area (Å²) in [6.45, 7) is 2.32. The van der Waals surface area contributed by atoms with Gasteiger partial charge in [-0.2, -0.15) is 5.26 Å². The number of aliphatic hydroxyl groups excluding tert-OH is 1. The van der Waals surface area contributed by atoms with Crippen LogP contribution in [0.2, 0.25) is 0 Å². The Morgan fingerprint density at radius 1 is 1.65 bits per heavy atom. The van der Waals surface area contributed by atoms with Gasteiger partial charge in [0.15, 0.2) is 0 Å². The molecule has 1 aliphatic heterocycles. The molecule has 1 N–H and O–H groups in total. The van der Waals surface area contributed by atoms with Gasteiger partial charge in [0.2, 0.25) is 0 Å². The van der Waals surface area contributed by atoms with E-state index in [0.717, 1.165) is 0 Å². The summed E-state index contributed by atoms with van der Waals surface area (Å²) in [5, 5.41) is 18.9. The fraction of sp³-hybridized carbons (Fsp3) is 0.462. The zero-order valence-corrected chi connectivity index (χ0v) is 9.93. The quantitative estimate of drug-likeness (QED) is 0.845. The summed E-state index contributed by atoms with van der Waals surface area (Å²) < 4.78 is 10.9. The molecule has 0 saturated heterocycles. The summed E-state index contributed by atoms with van der Waals surface area (Å²) in [6.07, 6.45) is -0.157. The number of aliphatic hydroxyl groups is 1. The van der Waals surface area contributed by atoms with Crippen molar-refractivity contribution in [1.82, 2.24) is 0 Å². The van der Waals surface area contributed by atoms with Crippen molar-refractivity contribution in [2.24, 2.45) is 0 Å². The maximum Gasteiger partial charge on any atom is 0.132 e. The van der Waals surface area contributed by atoms with Crippen LogP contribution in [0.1, 0.15) is 30.6 Å². The van der Waals surface area contributed by atoms with Gasteiger partial charge in [-0.3, -0.25) is 0 Å². The van der Waals surface area contributed by atoms with Gasteiger partial charge in [-0.25, -0.2) is 0 Å². The zero-order chi connectivity index (χ0) is 12.5. The van der Waals surface area contributed by atoms with Crippen LogP contribution in [0.25, 0.3) is 0 Å². The number of benzene rings is 1. The van der Waals surface area contributed by atoms with Crippen LogP contribution < -0.4 is 4.74 Å². The molecule has 4 heteroatoms. The Hall–Kier alpha value is -1.57. The molecule has 1 aromatic carbocycles. The average molecular weight is 233 g/mol. The minimum Gasteiger partial charge on any atom is -0.485 e. The normalized spacial score (nSPS) is 26.8. The molecule has 2 rings (SSSR count). The van der Waals surface area contributed by atoms with Gasteiger partial charge in [-0.1, -0.05) is 0 Å². The Balaban J connectivity index is 2.35. The predicted octanol–water partition coefficient (Wildman–Crippen LogP) is 1.78. The lowest BCUT2D eigenvalue weighted by Crippen LogP contribution is -2.42. The van der Waals surface area contributed by atoms with Crippen molar-refractivity contribution in [3.05, 3.63) is 29.3 Å². The Kier molecular flexibility index (Phi) is 3.05. The van der Waals surface area contributed by atoms with Crippen molar-refractivity contribution in [2.75, 3.05) is 13.7 Å². The van der Waals surface area contributed by atoms with Crippen molar-refractivity contribution in [3.8, 4) is 11.8 Å². The minimum absolute atomic E-state index is 0.420. The fourth-order valence-corrected chi connectivity index (χ4v) is 2.19. The van der Waals surface area contributed by atoms with Crippen LogP contribution in [0.3, 0.4) is 0 Å². The maximum absolute atomic E-state index is 10.1. The first-order valence-electron chi connectivity index (χ1n) is 5.48. The molecule has 4 nitrogen and oxygen atoms in total. The molecular weight excluding hydrogens is 218 g/mol. The fourth-order valence-electron chi connectivity index (χ4n) is 2.19. The van der Waals surface area contributed by atoms with Gasteiger partial charge in [-0.05, 0) is 25.1 Å². The molecule has 0 saturated carbocycles. The number of hydrogen-bond donors (Lipinski definition) is 1. The summed E-state index contributed by atoms with van der Waals surface area (Å²) in [6, 6.07) is 7.14. The van der Waals surface area contributed by atoms with Crippen molar-refractivity contribution in [3.63, 3.8) is 0 Å². The van der Waals surface area contributed by atoms with Gasteiger partial charge in [0.25, 0.3) is 0 Å². The molecule has 0 aromatic heterocycles. The summed E-state index contributed by atoms with van der Waals surface area (Å²) in [4.78, 5) is 0. The number of methoxy groups -OCH3 is 1. The van der Waals surface area contributed by atoms with E-state index in [4.69, 9.17) is 14.7 Å². The SMILES string of the molecule is COCC1(C)CC(O)c2cc(C#N)ccc2O1. The first-order chi connectivity index (χ1) is 8.08. The van der Waals surface area contributed by atoms with Crippen LogP contribution in [-0.4, -0.2) is 24.4 Å². The highest BCUT2D eigenvalue weighted by atomic mass is 16.5. The number of rotatable bonds is 2. The van der Waals surface area contributed by atoms with Crippen molar-refractivity contribution >= 4 is 0 Å². The van der Waals surface area contributed by atoms with Gasteiger partial charge in [0.1, 0.15) is 11.4 Å². The van der Waals surface area contributed by atoms with E-state index in [0.29, 0.717) is 29.9 Å². The molecule has 2 atom stereocenters. The lowest BCUT2D eigenvalue weighted by molar-refractivity contribution is -0.0484. The largest absolute Gasteiger partial charge is 0.485 e. The van der Waals surface area contributed by atoms with Crippen molar-refractivity contribution in [2.45, 2.75) is 25.0 Å². The highest BCUT2D eigenvalue weighted by Crippen LogP contribution is 2.39. The van der Waals surface area contributed by atoms with E-state index in [1.165, 1.54) is 0 Å². The molecule has 1 aromatic rings. The Labute approximate surface area is 100 Å². The van der Waals surface area contributed by atoms with E-state index < -0.39 is 11.7 Å². The molecule has 0 spiro atoms. The number of ether oxygens (including phenoxy) is 2. The topological polar surface area (TPSA) is 62.5 Å². The molecule has 0 radical (unpaired) electrons. The summed E-state index contributed by atoms with van der Waals surface area (Å²) >= 11 is 0. The molecule has 0 bridgehead atoms. The number of hydrogen-bond acceptors (Lipinski definition) is 4. The van der Waals surface area contributed by atoms with Gasteiger partial charge in [0, 0.05) is 19.1 Å². The predicted molar refractivity (Wildman–Crippen MR) is 61.6 cm³/mol. The Morgan fingerprint density at radius 3 is 3.06 bits per heavy atom. The molecular formula is C13H15NO3. The second kappa shape index (κ2) is 4.36. The average Bonchev–Trinajstić information content (AvgIpc) is 2.28. The van der Waals surface area contributed by atoms with E-state index in [9.17, 15) is 5.11 Å². The zero-order valence-electron chi connectivity index (χ0n) is 9.93. The van der Waals surface area contributed by atoms with E-state index in [2.05, 4.69) is 6.07 Å². The summed E-state index contributed by atoms with van der Waals surface area (Å²) in [5.74, 6) is 0.627. The van der Waals surface area contributed by atoms with Gasteiger partial charge < -0.3 is 14.6 Å². The molecule has 0 amide bonds. The number of nitriles is 1. The summed E-state index contributed by atoms with van der Waals surface area (Å²) in [7, 11) is 1.61. The monoisotopic (exact) mass is 233 g/mol. The Morgan fingerprint density at radius 2 is 2.41 bits per heavy atom. The number of fused-ring (bicyclic) bond motifs is 1. The minimum atomic E-state index is -0.618. The van der Waals surface area contributed by atoms with Crippen LogP contribution in [0.4, 0.5) is 0 Å². The maximum atomic E-state index is 10.1. The highest BCUT2D eigenvalue weighted by molar-refractivity contribution is 5.44. The molecule has 1 heterocycles. The van der Waals surface area contributed by atoms with Gasteiger partial charge >= 0.3 is 0 Å². The second-order valence-corrected chi connectivity index (χ2v) is 4.57. The highest BCUT2D eigenvalue weighted by Gasteiger charge is 2.36. The van der Waals surface area contributed by atoms with Crippen molar-refractivity contribution < 1.29 is 14.6 Å². The third-order valence-corrected chi connectivity index (χ3v) is 2.93. The molecule has 2 unspecified atom stereocenters. The Bertz CT molecular complexity index is 466. The smallest absolute Gasteiger partial charge is 0.132 e. The van der Waals surface area contributed by atoms with E-state index in [-0.39, 0.29) is 0 Å². The lowest BCUT2D eigenvalue weighted by Gasteiger charge is -2.37. The van der Waals surface area contributed by atoms with Crippen molar-refractivity contribution in [1.29, 1.82) is 5.26 Å². The van der Waals surface area contributed by atoms with E-state index in [1.807, 2.05) is 6.92 Å². The van der Waals surface area contributed by atoms with Crippen LogP contribution in [0.5, 0.6) is 5.75 Å². The second-order valence-electron chi connectivity index (χ2n) is 4.57. The van der Waals surface area contributed by atoms with Crippen LogP contribution in [0, 0.1) is 11.3 Å². The van der Waals surface area contributed by atoms with Crippen LogP contribution >= 0.6 is 0 Å². The first kappa shape index (κ1) is 11.9. The van der Waals surface area contributed by atoms with Gasteiger partial charge in [0.05, 0.1) is 24.3 Å². The van der Waals surface area contributed by atoms with Crippen LogP contribution in [-0.2, 0) is 4.74 Å².